The van der Waals surface area contributed by atoms with Gasteiger partial charge >= 0.3 is 0 Å². The highest BCUT2D eigenvalue weighted by molar-refractivity contribution is 7.99. The van der Waals surface area contributed by atoms with Crippen molar-refractivity contribution in [1.29, 1.82) is 0 Å². The van der Waals surface area contributed by atoms with Gasteiger partial charge in [0.2, 0.25) is 5.91 Å². The van der Waals surface area contributed by atoms with Crippen molar-refractivity contribution >= 4 is 39.2 Å². The van der Waals surface area contributed by atoms with Gasteiger partial charge in [-0.2, -0.15) is 0 Å². The summed E-state index contributed by atoms with van der Waals surface area (Å²) in [7, 11) is 0. The van der Waals surface area contributed by atoms with E-state index in [0.717, 1.165) is 6.42 Å². The quantitative estimate of drug-likeness (QED) is 0.622. The second kappa shape index (κ2) is 7.78. The van der Waals surface area contributed by atoms with Crippen LogP contribution in [0.3, 0.4) is 0 Å². The molecule has 0 spiro atoms. The number of hydrogen-bond donors (Lipinski definition) is 1. The summed E-state index contributed by atoms with van der Waals surface area (Å²) in [5.41, 5.74) is 0.705. The molecule has 2 heterocycles. The minimum atomic E-state index is -0.0254. The zero-order valence-corrected chi connectivity index (χ0v) is 14.7. The van der Waals surface area contributed by atoms with Crippen LogP contribution in [-0.2, 0) is 11.3 Å². The fourth-order valence-electron chi connectivity index (χ4n) is 2.01. The maximum Gasteiger partial charge on any atom is 0.272 e. The van der Waals surface area contributed by atoms with Crippen molar-refractivity contribution < 1.29 is 4.79 Å². The van der Waals surface area contributed by atoms with Gasteiger partial charge in [-0.25, -0.2) is 4.98 Å². The Kier molecular flexibility index (Phi) is 6.02. The van der Waals surface area contributed by atoms with Gasteiger partial charge in [0, 0.05) is 13.1 Å². The van der Waals surface area contributed by atoms with Crippen molar-refractivity contribution in [1.82, 2.24) is 14.9 Å². The van der Waals surface area contributed by atoms with Gasteiger partial charge in [0.25, 0.3) is 5.56 Å². The molecule has 2 aromatic heterocycles. The molecular weight excluding hydrogens is 318 g/mol. The van der Waals surface area contributed by atoms with Crippen molar-refractivity contribution in [2.75, 3.05) is 12.3 Å². The van der Waals surface area contributed by atoms with Gasteiger partial charge in [-0.05, 0) is 23.8 Å². The molecule has 7 heteroatoms. The van der Waals surface area contributed by atoms with Crippen LogP contribution in [0, 0.1) is 5.92 Å². The summed E-state index contributed by atoms with van der Waals surface area (Å²) < 4.78 is 2.38. The van der Waals surface area contributed by atoms with Crippen LogP contribution in [0.15, 0.2) is 21.4 Å². The molecule has 0 saturated carbocycles. The van der Waals surface area contributed by atoms with E-state index in [1.807, 2.05) is 18.4 Å². The van der Waals surface area contributed by atoms with Crippen LogP contribution >= 0.6 is 23.1 Å². The first-order valence-electron chi connectivity index (χ1n) is 7.40. The van der Waals surface area contributed by atoms with E-state index in [2.05, 4.69) is 24.1 Å². The lowest BCUT2D eigenvalue weighted by Crippen LogP contribution is -2.28. The predicted octanol–water partition coefficient (Wildman–Crippen LogP) is 2.73. The van der Waals surface area contributed by atoms with E-state index in [1.54, 1.807) is 4.57 Å². The normalized spacial score (nSPS) is 11.3. The van der Waals surface area contributed by atoms with E-state index in [1.165, 1.54) is 23.1 Å². The van der Waals surface area contributed by atoms with Crippen LogP contribution in [0.5, 0.6) is 0 Å². The average molecular weight is 339 g/mol. The Morgan fingerprint density at radius 3 is 2.95 bits per heavy atom. The molecule has 0 saturated heterocycles. The Hall–Kier alpha value is -1.34. The van der Waals surface area contributed by atoms with Crippen LogP contribution in [0.2, 0.25) is 0 Å². The number of carbonyl (C=O) groups is 1. The molecule has 0 aromatic carbocycles. The third-order valence-corrected chi connectivity index (χ3v) is 4.85. The number of nitrogens with zero attached hydrogens (tertiary/aromatic N) is 2. The first-order chi connectivity index (χ1) is 10.5. The van der Waals surface area contributed by atoms with Gasteiger partial charge < -0.3 is 5.32 Å². The molecule has 0 aliphatic heterocycles. The van der Waals surface area contributed by atoms with Gasteiger partial charge in [-0.1, -0.05) is 32.5 Å². The second-order valence-corrected chi connectivity index (χ2v) is 7.34. The number of aromatic nitrogens is 2. The van der Waals surface area contributed by atoms with E-state index in [9.17, 15) is 9.59 Å². The Morgan fingerprint density at radius 2 is 2.27 bits per heavy atom. The molecule has 120 valence electrons. The lowest BCUT2D eigenvalue weighted by atomic mass is 10.2. The minimum Gasteiger partial charge on any atom is -0.355 e. The largest absolute Gasteiger partial charge is 0.355 e. The number of hydrogen-bond acceptors (Lipinski definition) is 5. The summed E-state index contributed by atoms with van der Waals surface area (Å²) in [6.07, 6.45) is 0.910. The summed E-state index contributed by atoms with van der Waals surface area (Å²) in [5, 5.41) is 5.33. The summed E-state index contributed by atoms with van der Waals surface area (Å²) in [6.45, 7) is 7.43. The summed E-state index contributed by atoms with van der Waals surface area (Å²) in [4.78, 5) is 28.9. The lowest BCUT2D eigenvalue weighted by Gasteiger charge is -2.13. The highest BCUT2D eigenvalue weighted by atomic mass is 32.2. The fraction of sp³-hybridized carbons (Fsp3) is 0.533. The molecule has 1 N–H and O–H groups in total. The second-order valence-electron chi connectivity index (χ2n) is 5.48. The first-order valence-corrected chi connectivity index (χ1v) is 9.27. The number of thiophene rings is 1. The predicted molar refractivity (Wildman–Crippen MR) is 92.7 cm³/mol. The summed E-state index contributed by atoms with van der Waals surface area (Å²) in [6, 6.07) is 1.85. The van der Waals surface area contributed by atoms with Crippen molar-refractivity contribution in [2.24, 2.45) is 5.92 Å². The molecule has 0 aliphatic carbocycles. The van der Waals surface area contributed by atoms with Crippen molar-refractivity contribution in [3.05, 3.63) is 21.8 Å². The zero-order chi connectivity index (χ0) is 16.1. The molecule has 22 heavy (non-hydrogen) atoms. The molecule has 0 radical (unpaired) electrons. The molecule has 5 nitrogen and oxygen atoms in total. The topological polar surface area (TPSA) is 64.0 Å². The summed E-state index contributed by atoms with van der Waals surface area (Å²) >= 11 is 2.74. The molecule has 0 fully saturated rings. The Morgan fingerprint density at radius 1 is 1.50 bits per heavy atom. The maximum absolute atomic E-state index is 12.6. The average Bonchev–Trinajstić information content (AvgIpc) is 2.94. The smallest absolute Gasteiger partial charge is 0.272 e. The van der Waals surface area contributed by atoms with Gasteiger partial charge in [0.15, 0.2) is 5.16 Å². The Balaban J connectivity index is 2.26. The maximum atomic E-state index is 12.6. The number of rotatable bonds is 7. The van der Waals surface area contributed by atoms with Gasteiger partial charge in [0.05, 0.1) is 11.3 Å². The van der Waals surface area contributed by atoms with Crippen molar-refractivity contribution in [2.45, 2.75) is 38.9 Å². The number of amides is 1. The number of fused-ring (bicyclic) bond motifs is 1. The van der Waals surface area contributed by atoms with E-state index >= 15 is 0 Å². The van der Waals surface area contributed by atoms with Crippen molar-refractivity contribution in [3.63, 3.8) is 0 Å². The third-order valence-electron chi connectivity index (χ3n) is 2.98. The minimum absolute atomic E-state index is 0.00911. The standard InChI is InChI=1S/C15H21N3O2S2/c1-4-6-16-12(19)9-22-15-17-11-5-7-21-13(11)14(20)18(15)8-10(2)3/h5,7,10H,4,6,8-9H2,1-3H3,(H,16,19). The molecule has 0 aliphatic rings. The van der Waals surface area contributed by atoms with E-state index in [0.29, 0.717) is 34.4 Å². The van der Waals surface area contributed by atoms with Gasteiger partial charge in [-0.15, -0.1) is 11.3 Å². The number of nitrogens with one attached hydrogen (secondary N) is 1. The zero-order valence-electron chi connectivity index (χ0n) is 13.1. The molecule has 1 amide bonds. The van der Waals surface area contributed by atoms with Crippen LogP contribution in [-0.4, -0.2) is 27.8 Å². The first kappa shape index (κ1) is 17.0. The fourth-order valence-corrected chi connectivity index (χ4v) is 3.62. The highest BCUT2D eigenvalue weighted by Gasteiger charge is 2.14. The lowest BCUT2D eigenvalue weighted by molar-refractivity contribution is -0.118. The van der Waals surface area contributed by atoms with Crippen LogP contribution in [0.25, 0.3) is 10.2 Å². The Bertz CT molecular complexity index is 706. The highest BCUT2D eigenvalue weighted by Crippen LogP contribution is 2.21. The monoisotopic (exact) mass is 339 g/mol. The van der Waals surface area contributed by atoms with Crippen LogP contribution in [0.1, 0.15) is 27.2 Å². The number of carbonyl (C=O) groups excluding carboxylic acids is 1. The molecule has 2 rings (SSSR count). The molecule has 0 atom stereocenters. The molecule has 0 bridgehead atoms. The van der Waals surface area contributed by atoms with Crippen LogP contribution < -0.4 is 10.9 Å². The van der Waals surface area contributed by atoms with E-state index in [4.69, 9.17) is 0 Å². The molecule has 0 unspecified atom stereocenters. The Labute approximate surface area is 138 Å². The number of thioether (sulfide) groups is 1. The van der Waals surface area contributed by atoms with Gasteiger partial charge in [-0.3, -0.25) is 14.2 Å². The van der Waals surface area contributed by atoms with E-state index in [-0.39, 0.29) is 17.2 Å². The third kappa shape index (κ3) is 4.10. The summed E-state index contributed by atoms with van der Waals surface area (Å²) in [5.74, 6) is 0.591. The van der Waals surface area contributed by atoms with E-state index < -0.39 is 0 Å². The van der Waals surface area contributed by atoms with Gasteiger partial charge in [0.1, 0.15) is 4.70 Å². The van der Waals surface area contributed by atoms with Crippen LogP contribution in [0.4, 0.5) is 0 Å². The SMILES string of the molecule is CCCNC(=O)CSc1nc2ccsc2c(=O)n1CC(C)C. The molecule has 2 aromatic rings. The molecular formula is C15H21N3O2S2. The van der Waals surface area contributed by atoms with Crippen molar-refractivity contribution in [3.8, 4) is 0 Å².